The molecule has 2 aromatic carbocycles. The molecule has 0 saturated carbocycles. The lowest BCUT2D eigenvalue weighted by Crippen LogP contribution is -2.05. The zero-order chi connectivity index (χ0) is 16.3. The van der Waals surface area contributed by atoms with Crippen LogP contribution in [0.15, 0.2) is 49.6 Å². The van der Waals surface area contributed by atoms with Crippen molar-refractivity contribution in [2.75, 3.05) is 0 Å². The topological polar surface area (TPSA) is 74.6 Å². The second kappa shape index (κ2) is 6.10. The van der Waals surface area contributed by atoms with Crippen molar-refractivity contribution in [1.29, 1.82) is 0 Å². The van der Waals surface area contributed by atoms with Crippen molar-refractivity contribution in [1.82, 2.24) is 0 Å². The van der Waals surface area contributed by atoms with Crippen LogP contribution in [-0.2, 0) is 0 Å². The van der Waals surface area contributed by atoms with Gasteiger partial charge in [-0.2, -0.15) is 0 Å². The Bertz CT molecular complexity index is 720. The molecule has 110 valence electrons. The average Bonchev–Trinajstić information content (AvgIpc) is 2.53. The van der Waals surface area contributed by atoms with Crippen molar-refractivity contribution in [2.45, 2.75) is 0 Å². The van der Waals surface area contributed by atoms with Crippen molar-refractivity contribution in [3.63, 3.8) is 0 Å². The van der Waals surface area contributed by atoms with Crippen molar-refractivity contribution >= 4 is 24.1 Å². The fourth-order valence-electron chi connectivity index (χ4n) is 2.20. The molecule has 0 aromatic heterocycles. The Morgan fingerprint density at radius 3 is 1.41 bits per heavy atom. The molecule has 0 fully saturated rings. The van der Waals surface area contributed by atoms with E-state index in [2.05, 4.69) is 13.2 Å². The Labute approximate surface area is 127 Å². The summed E-state index contributed by atoms with van der Waals surface area (Å²) in [6.45, 7) is 7.21. The second-order valence-electron chi connectivity index (χ2n) is 4.63. The van der Waals surface area contributed by atoms with Crippen LogP contribution < -0.4 is 0 Å². The van der Waals surface area contributed by atoms with Crippen molar-refractivity contribution in [3.05, 3.63) is 71.8 Å². The largest absolute Gasteiger partial charge is 0.478 e. The Hall–Kier alpha value is -3.14. The first-order valence-electron chi connectivity index (χ1n) is 6.48. The third kappa shape index (κ3) is 2.81. The van der Waals surface area contributed by atoms with E-state index >= 15 is 0 Å². The Balaban J connectivity index is 2.76. The van der Waals surface area contributed by atoms with Crippen molar-refractivity contribution < 1.29 is 19.8 Å². The molecule has 2 N–H and O–H groups in total. The Morgan fingerprint density at radius 2 is 1.14 bits per heavy atom. The van der Waals surface area contributed by atoms with Crippen LogP contribution in [0.1, 0.15) is 31.8 Å². The predicted octanol–water partition coefficient (Wildman–Crippen LogP) is 4.04. The van der Waals surface area contributed by atoms with Crippen LogP contribution in [0.5, 0.6) is 0 Å². The zero-order valence-electron chi connectivity index (χ0n) is 11.7. The van der Waals surface area contributed by atoms with E-state index in [0.717, 1.165) is 0 Å². The molecule has 4 nitrogen and oxygen atoms in total. The SMILES string of the molecule is C=Cc1ccc(-c2ccc(C=C)cc2C(=O)O)c(C(=O)O)c1. The molecular weight excluding hydrogens is 280 g/mol. The summed E-state index contributed by atoms with van der Waals surface area (Å²) >= 11 is 0. The minimum atomic E-state index is -1.12. The monoisotopic (exact) mass is 294 g/mol. The lowest BCUT2D eigenvalue weighted by Gasteiger charge is -2.11. The summed E-state index contributed by atoms with van der Waals surface area (Å²) in [5, 5.41) is 18.8. The number of hydrogen-bond acceptors (Lipinski definition) is 2. The van der Waals surface area contributed by atoms with Gasteiger partial charge < -0.3 is 10.2 Å². The summed E-state index contributed by atoms with van der Waals surface area (Å²) in [7, 11) is 0. The highest BCUT2D eigenvalue weighted by Gasteiger charge is 2.18. The quantitative estimate of drug-likeness (QED) is 0.872. The Kier molecular flexibility index (Phi) is 4.23. The molecule has 0 aliphatic rings. The molecule has 0 saturated heterocycles. The minimum Gasteiger partial charge on any atom is -0.478 e. The fourth-order valence-corrected chi connectivity index (χ4v) is 2.20. The van der Waals surface area contributed by atoms with Crippen LogP contribution in [-0.4, -0.2) is 22.2 Å². The number of rotatable bonds is 5. The molecule has 0 bridgehead atoms. The summed E-state index contributed by atoms with van der Waals surface area (Å²) in [5.41, 5.74) is 2.08. The highest BCUT2D eigenvalue weighted by Crippen LogP contribution is 2.29. The summed E-state index contributed by atoms with van der Waals surface area (Å²) in [5.74, 6) is -2.24. The molecular formula is C18H14O4. The van der Waals surface area contributed by atoms with Gasteiger partial charge in [0.15, 0.2) is 0 Å². The first-order valence-corrected chi connectivity index (χ1v) is 6.48. The van der Waals surface area contributed by atoms with Gasteiger partial charge in [0.2, 0.25) is 0 Å². The third-order valence-electron chi connectivity index (χ3n) is 3.31. The summed E-state index contributed by atoms with van der Waals surface area (Å²) in [6, 6.07) is 9.52. The molecule has 0 aliphatic carbocycles. The average molecular weight is 294 g/mol. The highest BCUT2D eigenvalue weighted by atomic mass is 16.4. The van der Waals surface area contributed by atoms with E-state index in [1.54, 1.807) is 24.3 Å². The van der Waals surface area contributed by atoms with Gasteiger partial charge in [0.25, 0.3) is 0 Å². The van der Waals surface area contributed by atoms with Crippen LogP contribution in [0.3, 0.4) is 0 Å². The summed E-state index contributed by atoms with van der Waals surface area (Å²) in [4.78, 5) is 22.9. The van der Waals surface area contributed by atoms with Crippen molar-refractivity contribution in [3.8, 4) is 11.1 Å². The van der Waals surface area contributed by atoms with E-state index in [-0.39, 0.29) is 11.1 Å². The standard InChI is InChI=1S/C18H14O4/c1-3-11-5-7-13(15(9-11)17(19)20)14-8-6-12(4-2)10-16(14)18(21)22/h3-10H,1-2H2,(H,19,20)(H,21,22). The van der Waals surface area contributed by atoms with Gasteiger partial charge in [0.1, 0.15) is 0 Å². The molecule has 2 rings (SSSR count). The number of carboxylic acid groups (broad SMARTS) is 2. The number of carbonyl (C=O) groups is 2. The van der Waals surface area contributed by atoms with Crippen LogP contribution in [0.4, 0.5) is 0 Å². The van der Waals surface area contributed by atoms with Crippen molar-refractivity contribution in [2.24, 2.45) is 0 Å². The van der Waals surface area contributed by atoms with Crippen LogP contribution in [0.2, 0.25) is 0 Å². The molecule has 0 unspecified atom stereocenters. The van der Waals surface area contributed by atoms with Gasteiger partial charge >= 0.3 is 11.9 Å². The van der Waals surface area contributed by atoms with Gasteiger partial charge in [0.05, 0.1) is 11.1 Å². The first kappa shape index (κ1) is 15.3. The Morgan fingerprint density at radius 1 is 0.773 bits per heavy atom. The van der Waals surface area contributed by atoms with E-state index in [9.17, 15) is 19.8 Å². The summed E-state index contributed by atoms with van der Waals surface area (Å²) in [6.07, 6.45) is 3.07. The van der Waals surface area contributed by atoms with Gasteiger partial charge in [-0.3, -0.25) is 0 Å². The van der Waals surface area contributed by atoms with E-state index in [0.29, 0.717) is 22.3 Å². The number of aromatic carboxylic acids is 2. The molecule has 0 heterocycles. The molecule has 4 heteroatoms. The van der Waals surface area contributed by atoms with Crippen LogP contribution >= 0.6 is 0 Å². The molecule has 22 heavy (non-hydrogen) atoms. The molecule has 0 spiro atoms. The third-order valence-corrected chi connectivity index (χ3v) is 3.31. The van der Waals surface area contributed by atoms with Crippen LogP contribution in [0, 0.1) is 0 Å². The fraction of sp³-hybridized carbons (Fsp3) is 0. The second-order valence-corrected chi connectivity index (χ2v) is 4.63. The van der Waals surface area contributed by atoms with Gasteiger partial charge in [-0.1, -0.05) is 49.6 Å². The summed E-state index contributed by atoms with van der Waals surface area (Å²) < 4.78 is 0. The lowest BCUT2D eigenvalue weighted by atomic mass is 9.92. The van der Waals surface area contributed by atoms with Gasteiger partial charge in [-0.25, -0.2) is 9.59 Å². The van der Waals surface area contributed by atoms with Gasteiger partial charge in [-0.15, -0.1) is 0 Å². The molecule has 0 aliphatic heterocycles. The number of benzene rings is 2. The smallest absolute Gasteiger partial charge is 0.336 e. The van der Waals surface area contributed by atoms with E-state index in [1.165, 1.54) is 24.3 Å². The maximum atomic E-state index is 11.5. The molecule has 2 aromatic rings. The molecule has 0 amide bonds. The van der Waals surface area contributed by atoms with Gasteiger partial charge in [0, 0.05) is 0 Å². The van der Waals surface area contributed by atoms with E-state index in [4.69, 9.17) is 0 Å². The molecule has 0 atom stereocenters. The maximum Gasteiger partial charge on any atom is 0.336 e. The predicted molar refractivity (Wildman–Crippen MR) is 86.0 cm³/mol. The number of hydrogen-bond donors (Lipinski definition) is 2. The minimum absolute atomic E-state index is 0.0336. The first-order chi connectivity index (χ1) is 10.5. The molecule has 0 radical (unpaired) electrons. The normalized spacial score (nSPS) is 10.0. The lowest BCUT2D eigenvalue weighted by molar-refractivity contribution is 0.0684. The highest BCUT2D eigenvalue weighted by molar-refractivity contribution is 6.02. The van der Waals surface area contributed by atoms with Gasteiger partial charge in [-0.05, 0) is 34.4 Å². The zero-order valence-corrected chi connectivity index (χ0v) is 11.7. The van der Waals surface area contributed by atoms with E-state index < -0.39 is 11.9 Å². The van der Waals surface area contributed by atoms with Crippen LogP contribution in [0.25, 0.3) is 23.3 Å². The van der Waals surface area contributed by atoms with E-state index in [1.807, 2.05) is 0 Å². The number of carboxylic acids is 2. The maximum absolute atomic E-state index is 11.5.